The Morgan fingerprint density at radius 3 is 1.79 bits per heavy atom. The Balaban J connectivity index is 0.889. The van der Waals surface area contributed by atoms with Crippen molar-refractivity contribution in [3.63, 3.8) is 0 Å². The predicted molar refractivity (Wildman–Crippen MR) is 250 cm³/mol. The van der Waals surface area contributed by atoms with Crippen molar-refractivity contribution in [1.29, 1.82) is 0 Å². The molecule has 0 atom stereocenters. The van der Waals surface area contributed by atoms with Gasteiger partial charge in [0.1, 0.15) is 0 Å². The van der Waals surface area contributed by atoms with Crippen molar-refractivity contribution in [2.24, 2.45) is 0 Å². The monoisotopic (exact) mass is 784 g/mol. The van der Waals surface area contributed by atoms with Crippen LogP contribution in [0.5, 0.6) is 0 Å². The van der Waals surface area contributed by atoms with Gasteiger partial charge in [0.15, 0.2) is 0 Å². The zero-order valence-corrected chi connectivity index (χ0v) is 34.9. The van der Waals surface area contributed by atoms with Crippen LogP contribution >= 0.6 is 21.8 Å². The van der Waals surface area contributed by atoms with Crippen molar-refractivity contribution in [3.05, 3.63) is 203 Å². The smallest absolute Gasteiger partial charge is 0.0601 e. The zero-order chi connectivity index (χ0) is 39.2. The number of fused-ring (bicyclic) bond motifs is 8. The molecule has 0 amide bonds. The van der Waals surface area contributed by atoms with Crippen LogP contribution in [0.15, 0.2) is 189 Å². The number of rotatable bonds is 4. The van der Waals surface area contributed by atoms with Crippen LogP contribution in [-0.4, -0.2) is 12.5 Å². The lowest BCUT2D eigenvalue weighted by Crippen LogP contribution is -2.23. The molecule has 58 heavy (non-hydrogen) atoms. The van der Waals surface area contributed by atoms with Crippen molar-refractivity contribution in [1.82, 2.24) is 0 Å². The maximum absolute atomic E-state index is 2.47. The first-order valence-electron chi connectivity index (χ1n) is 20.1. The molecule has 0 N–H and O–H groups in total. The van der Waals surface area contributed by atoms with Crippen LogP contribution in [0.4, 0.5) is 28.4 Å². The summed E-state index contributed by atoms with van der Waals surface area (Å²) in [4.78, 5) is 10.4. The SMILES string of the molecule is CC1(C)c2cc(C=Cc3ccc4c(c3)CC=CC(N3c5ccccc5S(C)(C)c5ccccc53)=C4)ccc2-c2ccc(N3c4ccccc4Sc4ccccc43)cc21. The fourth-order valence-corrected chi connectivity index (χ4v) is 13.0. The molecule has 0 saturated heterocycles. The van der Waals surface area contributed by atoms with E-state index in [0.29, 0.717) is 0 Å². The highest BCUT2D eigenvalue weighted by Crippen LogP contribution is 2.67. The molecule has 2 heterocycles. The highest BCUT2D eigenvalue weighted by molar-refractivity contribution is 8.33. The average Bonchev–Trinajstić information content (AvgIpc) is 3.34. The largest absolute Gasteiger partial charge is 0.308 e. The minimum atomic E-state index is -1.13. The minimum absolute atomic E-state index is 0.138. The van der Waals surface area contributed by atoms with Gasteiger partial charge in [-0.1, -0.05) is 135 Å². The van der Waals surface area contributed by atoms with Crippen molar-refractivity contribution < 1.29 is 0 Å². The summed E-state index contributed by atoms with van der Waals surface area (Å²) in [7, 11) is -1.13. The van der Waals surface area contributed by atoms with E-state index in [2.05, 4.69) is 218 Å². The Labute approximate surface area is 348 Å². The topological polar surface area (TPSA) is 6.48 Å². The van der Waals surface area contributed by atoms with Gasteiger partial charge in [-0.3, -0.25) is 0 Å². The van der Waals surface area contributed by atoms with Crippen molar-refractivity contribution >= 4 is 68.5 Å². The van der Waals surface area contributed by atoms with Gasteiger partial charge >= 0.3 is 0 Å². The highest BCUT2D eigenvalue weighted by atomic mass is 32.3. The molecular formula is C54H44N2S2. The maximum atomic E-state index is 2.47. The molecule has 7 aromatic carbocycles. The summed E-state index contributed by atoms with van der Waals surface area (Å²) in [6.07, 6.45) is 17.3. The Morgan fingerprint density at radius 2 is 1.12 bits per heavy atom. The van der Waals surface area contributed by atoms with Crippen LogP contribution in [0.3, 0.4) is 0 Å². The van der Waals surface area contributed by atoms with E-state index < -0.39 is 10.0 Å². The Bertz CT molecular complexity index is 2830. The van der Waals surface area contributed by atoms with Gasteiger partial charge < -0.3 is 9.80 Å². The standard InChI is InChI=1S/C54H44N2S2/c1-54(2)44-33-37(27-30-42(44)43-31-29-41(35-45(43)54)55-46-16-5-9-20-50(46)57-51-21-10-6-17-47(51)55)25-24-36-26-28-39-34-40(15-13-14-38(39)32-36)56-48-18-7-11-22-52(48)58(3,4)53-23-12-8-19-49(53)56/h5-13,15-35H,14H2,1-4H3. The third-order valence-electron chi connectivity index (χ3n) is 12.5. The van der Waals surface area contributed by atoms with E-state index in [9.17, 15) is 0 Å². The fourth-order valence-electron chi connectivity index (χ4n) is 9.53. The number of hydrogen-bond acceptors (Lipinski definition) is 3. The lowest BCUT2D eigenvalue weighted by molar-refractivity contribution is 0.660. The summed E-state index contributed by atoms with van der Waals surface area (Å²) in [6, 6.07) is 56.5. The van der Waals surface area contributed by atoms with E-state index >= 15 is 0 Å². The summed E-state index contributed by atoms with van der Waals surface area (Å²) in [5.74, 6) is 0. The molecule has 0 bridgehead atoms. The second-order valence-corrected chi connectivity index (χ2v) is 21.2. The molecule has 7 aromatic rings. The number of hydrogen-bond donors (Lipinski definition) is 0. The van der Waals surface area contributed by atoms with Gasteiger partial charge in [0.05, 0.1) is 22.7 Å². The lowest BCUT2D eigenvalue weighted by atomic mass is 9.81. The molecule has 2 nitrogen and oxygen atoms in total. The minimum Gasteiger partial charge on any atom is -0.308 e. The molecule has 0 unspecified atom stereocenters. The third-order valence-corrected chi connectivity index (χ3v) is 16.5. The maximum Gasteiger partial charge on any atom is 0.0601 e. The second-order valence-electron chi connectivity index (χ2n) is 16.6. The third kappa shape index (κ3) is 5.50. The summed E-state index contributed by atoms with van der Waals surface area (Å²) >= 11 is 1.85. The molecule has 0 radical (unpaired) electrons. The van der Waals surface area contributed by atoms with E-state index in [-0.39, 0.29) is 5.41 Å². The van der Waals surface area contributed by atoms with Crippen LogP contribution in [0.2, 0.25) is 0 Å². The first-order chi connectivity index (χ1) is 28.3. The molecule has 2 aliphatic carbocycles. The average molecular weight is 785 g/mol. The molecule has 0 fully saturated rings. The van der Waals surface area contributed by atoms with E-state index in [0.717, 1.165) is 6.42 Å². The lowest BCUT2D eigenvalue weighted by Gasteiger charge is -2.45. The molecule has 0 aromatic heterocycles. The summed E-state index contributed by atoms with van der Waals surface area (Å²) < 4.78 is 0. The molecule has 0 spiro atoms. The molecule has 4 aliphatic rings. The second kappa shape index (κ2) is 13.3. The van der Waals surface area contributed by atoms with Crippen molar-refractivity contribution in [3.8, 4) is 11.1 Å². The first kappa shape index (κ1) is 35.2. The van der Waals surface area contributed by atoms with Crippen LogP contribution in [0.25, 0.3) is 29.4 Å². The van der Waals surface area contributed by atoms with Gasteiger partial charge in [-0.2, -0.15) is 10.0 Å². The number of allylic oxidation sites excluding steroid dienone is 2. The number of anilines is 5. The Morgan fingerprint density at radius 1 is 0.569 bits per heavy atom. The molecule has 2 aliphatic heterocycles. The highest BCUT2D eigenvalue weighted by Gasteiger charge is 2.37. The fraction of sp³-hybridized carbons (Fsp3) is 0.111. The molecule has 282 valence electrons. The normalized spacial score (nSPS) is 16.9. The summed E-state index contributed by atoms with van der Waals surface area (Å²) in [5.41, 5.74) is 17.8. The quantitative estimate of drug-likeness (QED) is 0.164. The van der Waals surface area contributed by atoms with Gasteiger partial charge in [0.2, 0.25) is 0 Å². The van der Waals surface area contributed by atoms with Crippen molar-refractivity contribution in [2.45, 2.75) is 45.3 Å². The summed E-state index contributed by atoms with van der Waals surface area (Å²) in [5, 5.41) is 0. The molecule has 4 heteroatoms. The molecule has 0 saturated carbocycles. The first-order valence-corrected chi connectivity index (χ1v) is 23.4. The number of para-hydroxylation sites is 4. The van der Waals surface area contributed by atoms with E-state index in [1.165, 1.54) is 98.2 Å². The van der Waals surface area contributed by atoms with Crippen LogP contribution < -0.4 is 9.80 Å². The van der Waals surface area contributed by atoms with Gasteiger partial charge in [-0.15, -0.1) is 0 Å². The van der Waals surface area contributed by atoms with Gasteiger partial charge in [0.25, 0.3) is 0 Å². The van der Waals surface area contributed by atoms with Gasteiger partial charge in [-0.05, 0) is 136 Å². The van der Waals surface area contributed by atoms with Crippen molar-refractivity contribution in [2.75, 3.05) is 22.3 Å². The van der Waals surface area contributed by atoms with Gasteiger partial charge in [-0.25, -0.2) is 0 Å². The van der Waals surface area contributed by atoms with Crippen LogP contribution in [-0.2, 0) is 11.8 Å². The van der Waals surface area contributed by atoms with Crippen LogP contribution in [0, 0.1) is 0 Å². The van der Waals surface area contributed by atoms with Crippen LogP contribution in [0.1, 0.15) is 47.2 Å². The number of nitrogens with zero attached hydrogens (tertiary/aromatic N) is 2. The Hall–Kier alpha value is -5.94. The zero-order valence-electron chi connectivity index (χ0n) is 33.2. The number of benzene rings is 7. The van der Waals surface area contributed by atoms with E-state index in [4.69, 9.17) is 0 Å². The van der Waals surface area contributed by atoms with E-state index in [1.54, 1.807) is 0 Å². The molecular weight excluding hydrogens is 741 g/mol. The van der Waals surface area contributed by atoms with E-state index in [1.807, 2.05) is 11.8 Å². The van der Waals surface area contributed by atoms with Gasteiger partial charge in [0, 0.05) is 36.4 Å². The predicted octanol–water partition coefficient (Wildman–Crippen LogP) is 15.2. The molecule has 11 rings (SSSR count). The summed E-state index contributed by atoms with van der Waals surface area (Å²) in [6.45, 7) is 4.77. The Kier molecular flexibility index (Phi) is 8.09.